The molecule has 0 saturated heterocycles. The van der Waals surface area contributed by atoms with Crippen molar-refractivity contribution in [2.75, 3.05) is 35.1 Å². The molecule has 2 aromatic rings. The number of esters is 1. The van der Waals surface area contributed by atoms with E-state index in [0.29, 0.717) is 18.7 Å². The van der Waals surface area contributed by atoms with Crippen LogP contribution in [-0.4, -0.2) is 56.2 Å². The maximum absolute atomic E-state index is 12.8. The summed E-state index contributed by atoms with van der Waals surface area (Å²) in [5, 5.41) is 15.4. The third-order valence-corrected chi connectivity index (χ3v) is 6.82. The standard InChI is InChI=1S/C20H25F3N6O4S2/c1-4-29-7-5-6-13-8-14(15(9-16(13)29)28-35(31,32)11-20(21,22)23)24-26-19-27-25-17(34-19)18(30)33-10-12(2)3/h8-9,12,28H,4-7,10-11H2,1-3H3. The molecule has 1 aliphatic rings. The summed E-state index contributed by atoms with van der Waals surface area (Å²) in [6, 6.07) is 3.06. The number of aryl methyl sites for hydroxylation is 1. The second-order valence-electron chi connectivity index (χ2n) is 8.24. The second kappa shape index (κ2) is 10.8. The fourth-order valence-corrected chi connectivity index (χ4v) is 4.91. The van der Waals surface area contributed by atoms with Crippen molar-refractivity contribution >= 4 is 49.5 Å². The lowest BCUT2D eigenvalue weighted by Crippen LogP contribution is -2.30. The number of nitrogens with zero attached hydrogens (tertiary/aromatic N) is 5. The van der Waals surface area contributed by atoms with Gasteiger partial charge in [0.2, 0.25) is 15.0 Å². The Labute approximate surface area is 204 Å². The Balaban J connectivity index is 1.92. The number of hydrogen-bond acceptors (Lipinski definition) is 10. The molecular weight excluding hydrogens is 509 g/mol. The molecule has 192 valence electrons. The fourth-order valence-electron chi connectivity index (χ4n) is 3.35. The lowest BCUT2D eigenvalue weighted by atomic mass is 10.0. The number of carbonyl (C=O) groups excluding carboxylic acids is 1. The van der Waals surface area contributed by atoms with Gasteiger partial charge < -0.3 is 9.64 Å². The molecule has 35 heavy (non-hydrogen) atoms. The van der Waals surface area contributed by atoms with Gasteiger partial charge in [0.15, 0.2) is 5.75 Å². The van der Waals surface area contributed by atoms with Gasteiger partial charge in [0.05, 0.1) is 12.3 Å². The van der Waals surface area contributed by atoms with Gasteiger partial charge in [-0.3, -0.25) is 4.72 Å². The molecule has 1 aliphatic heterocycles. The summed E-state index contributed by atoms with van der Waals surface area (Å²) >= 11 is 0.819. The first-order valence-corrected chi connectivity index (χ1v) is 13.2. The van der Waals surface area contributed by atoms with E-state index in [-0.39, 0.29) is 34.0 Å². The number of aromatic nitrogens is 2. The van der Waals surface area contributed by atoms with Crippen molar-refractivity contribution in [2.24, 2.45) is 16.1 Å². The van der Waals surface area contributed by atoms with Crippen LogP contribution < -0.4 is 9.62 Å². The third-order valence-electron chi connectivity index (χ3n) is 4.79. The first kappa shape index (κ1) is 26.8. The minimum Gasteiger partial charge on any atom is -0.460 e. The molecule has 0 saturated carbocycles. The number of sulfonamides is 1. The zero-order valence-corrected chi connectivity index (χ0v) is 20.9. The Morgan fingerprint density at radius 2 is 2.03 bits per heavy atom. The van der Waals surface area contributed by atoms with E-state index in [4.69, 9.17) is 4.74 Å². The van der Waals surface area contributed by atoms with Gasteiger partial charge in [-0.05, 0) is 43.4 Å². The van der Waals surface area contributed by atoms with Crippen LogP contribution in [0.3, 0.4) is 0 Å². The predicted octanol–water partition coefficient (Wildman–Crippen LogP) is 4.84. The molecule has 10 nitrogen and oxygen atoms in total. The Morgan fingerprint density at radius 1 is 1.29 bits per heavy atom. The average molecular weight is 535 g/mol. The Hall–Kier alpha value is -2.81. The molecule has 2 heterocycles. The smallest absolute Gasteiger partial charge is 0.404 e. The number of alkyl halides is 3. The number of rotatable bonds is 9. The van der Waals surface area contributed by atoms with Gasteiger partial charge >= 0.3 is 12.1 Å². The predicted molar refractivity (Wildman–Crippen MR) is 125 cm³/mol. The number of fused-ring (bicyclic) bond motifs is 1. The van der Waals surface area contributed by atoms with Crippen molar-refractivity contribution < 1.29 is 31.1 Å². The number of halogens is 3. The van der Waals surface area contributed by atoms with Crippen LogP contribution in [0.1, 0.15) is 42.6 Å². The van der Waals surface area contributed by atoms with Gasteiger partial charge in [0.1, 0.15) is 5.69 Å². The number of ether oxygens (including phenoxy) is 1. The molecular formula is C20H25F3N6O4S2. The summed E-state index contributed by atoms with van der Waals surface area (Å²) in [5.41, 5.74) is 1.46. The van der Waals surface area contributed by atoms with Crippen LogP contribution >= 0.6 is 11.3 Å². The SMILES string of the molecule is CCN1CCCc2cc(N=Nc3nnc(C(=O)OCC(C)C)s3)c(NS(=O)(=O)CC(F)(F)F)cc21. The largest absolute Gasteiger partial charge is 0.460 e. The first-order chi connectivity index (χ1) is 16.4. The van der Waals surface area contributed by atoms with Crippen molar-refractivity contribution in [3.05, 3.63) is 22.7 Å². The van der Waals surface area contributed by atoms with E-state index >= 15 is 0 Å². The molecule has 0 atom stereocenters. The van der Waals surface area contributed by atoms with Crippen molar-refractivity contribution in [3.63, 3.8) is 0 Å². The summed E-state index contributed by atoms with van der Waals surface area (Å²) < 4.78 is 69.7. The highest BCUT2D eigenvalue weighted by Gasteiger charge is 2.35. The molecule has 0 bridgehead atoms. The van der Waals surface area contributed by atoms with Gasteiger partial charge in [-0.2, -0.15) is 13.2 Å². The molecule has 0 unspecified atom stereocenters. The van der Waals surface area contributed by atoms with Gasteiger partial charge in [-0.15, -0.1) is 20.4 Å². The van der Waals surface area contributed by atoms with E-state index < -0.39 is 27.9 Å². The Morgan fingerprint density at radius 3 is 2.69 bits per heavy atom. The minimum absolute atomic E-state index is 0.00139. The molecule has 3 rings (SSSR count). The molecule has 0 radical (unpaired) electrons. The van der Waals surface area contributed by atoms with Gasteiger partial charge in [-0.1, -0.05) is 25.2 Å². The van der Waals surface area contributed by atoms with E-state index in [2.05, 4.69) is 20.4 Å². The van der Waals surface area contributed by atoms with Gasteiger partial charge in [-0.25, -0.2) is 13.2 Å². The Kier molecular flexibility index (Phi) is 8.30. The number of anilines is 2. The maximum Gasteiger partial charge on any atom is 0.404 e. The summed E-state index contributed by atoms with van der Waals surface area (Å²) in [5.74, 6) is -2.56. The molecule has 1 N–H and O–H groups in total. The van der Waals surface area contributed by atoms with Crippen molar-refractivity contribution in [2.45, 2.75) is 39.8 Å². The zero-order chi connectivity index (χ0) is 25.8. The quantitative estimate of drug-likeness (QED) is 0.360. The molecule has 0 fully saturated rings. The minimum atomic E-state index is -4.91. The van der Waals surface area contributed by atoms with Crippen LogP contribution in [0.25, 0.3) is 0 Å². The maximum atomic E-state index is 12.8. The molecule has 0 spiro atoms. The van der Waals surface area contributed by atoms with Crippen molar-refractivity contribution in [1.82, 2.24) is 10.2 Å². The monoisotopic (exact) mass is 534 g/mol. The van der Waals surface area contributed by atoms with Gasteiger partial charge in [0.25, 0.3) is 5.13 Å². The molecule has 0 amide bonds. The third kappa shape index (κ3) is 7.59. The molecule has 1 aromatic carbocycles. The normalized spacial score (nSPS) is 14.4. The number of carbonyl (C=O) groups is 1. The van der Waals surface area contributed by atoms with E-state index in [1.807, 2.05) is 30.4 Å². The van der Waals surface area contributed by atoms with E-state index in [9.17, 15) is 26.4 Å². The Bertz CT molecular complexity index is 1200. The van der Waals surface area contributed by atoms with Crippen LogP contribution in [0.4, 0.5) is 35.4 Å². The van der Waals surface area contributed by atoms with Crippen LogP contribution in [0.15, 0.2) is 22.4 Å². The van der Waals surface area contributed by atoms with Gasteiger partial charge in [0, 0.05) is 18.8 Å². The topological polar surface area (TPSA) is 126 Å². The fraction of sp³-hybridized carbons (Fsp3) is 0.550. The van der Waals surface area contributed by atoms with Crippen LogP contribution in [-0.2, 0) is 21.2 Å². The summed E-state index contributed by atoms with van der Waals surface area (Å²) in [4.78, 5) is 14.0. The molecule has 1 aromatic heterocycles. The number of azo groups is 1. The van der Waals surface area contributed by atoms with Crippen LogP contribution in [0.5, 0.6) is 0 Å². The molecule has 0 aliphatic carbocycles. The van der Waals surface area contributed by atoms with Crippen LogP contribution in [0.2, 0.25) is 0 Å². The highest BCUT2D eigenvalue weighted by molar-refractivity contribution is 7.92. The highest BCUT2D eigenvalue weighted by Crippen LogP contribution is 2.38. The van der Waals surface area contributed by atoms with Crippen LogP contribution in [0, 0.1) is 5.92 Å². The number of nitrogens with one attached hydrogen (secondary N) is 1. The zero-order valence-electron chi connectivity index (χ0n) is 19.3. The summed E-state index contributed by atoms with van der Waals surface area (Å²) in [6.45, 7) is 7.27. The lowest BCUT2D eigenvalue weighted by Gasteiger charge is -2.31. The summed E-state index contributed by atoms with van der Waals surface area (Å²) in [6.07, 6.45) is -3.37. The molecule has 15 heteroatoms. The van der Waals surface area contributed by atoms with E-state index in [1.165, 1.54) is 6.07 Å². The first-order valence-electron chi connectivity index (χ1n) is 10.8. The number of hydrogen-bond donors (Lipinski definition) is 1. The van der Waals surface area contributed by atoms with Crippen molar-refractivity contribution in [1.29, 1.82) is 0 Å². The summed E-state index contributed by atoms with van der Waals surface area (Å²) in [7, 11) is -4.75. The second-order valence-corrected chi connectivity index (χ2v) is 10.9. The lowest BCUT2D eigenvalue weighted by molar-refractivity contribution is -0.106. The van der Waals surface area contributed by atoms with E-state index in [1.54, 1.807) is 6.07 Å². The highest BCUT2D eigenvalue weighted by atomic mass is 32.2. The van der Waals surface area contributed by atoms with Crippen molar-refractivity contribution in [3.8, 4) is 0 Å². The average Bonchev–Trinajstić information content (AvgIpc) is 3.22. The van der Waals surface area contributed by atoms with E-state index in [0.717, 1.165) is 29.9 Å². The number of benzene rings is 1.